The molecule has 2 rings (SSSR count). The number of hydrogen-bond donors (Lipinski definition) is 1. The van der Waals surface area contributed by atoms with Crippen LogP contribution in [0.1, 0.15) is 38.5 Å². The average molecular weight is 282 g/mol. The average Bonchev–Trinajstić information content (AvgIpc) is 2.70. The maximum Gasteiger partial charge on any atom is 0.325 e. The van der Waals surface area contributed by atoms with Crippen molar-refractivity contribution in [1.82, 2.24) is 15.0 Å². The van der Waals surface area contributed by atoms with Crippen LogP contribution in [0.25, 0.3) is 0 Å². The molecule has 1 saturated carbocycles. The second kappa shape index (κ2) is 6.69. The van der Waals surface area contributed by atoms with Gasteiger partial charge >= 0.3 is 18.0 Å². The molecule has 0 aromatic carbocycles. The molecule has 112 valence electrons. The van der Waals surface area contributed by atoms with Gasteiger partial charge in [0.15, 0.2) is 0 Å². The summed E-state index contributed by atoms with van der Waals surface area (Å²) in [6.45, 7) is 0.392. The minimum atomic E-state index is -0.302. The van der Waals surface area contributed by atoms with Crippen molar-refractivity contribution in [1.29, 1.82) is 0 Å². The first-order chi connectivity index (χ1) is 9.65. The van der Waals surface area contributed by atoms with E-state index in [1.54, 1.807) is 0 Å². The number of aromatic nitrogens is 3. The third-order valence-electron chi connectivity index (χ3n) is 3.53. The fraction of sp³-hybridized carbons (Fsp3) is 0.769. The van der Waals surface area contributed by atoms with E-state index >= 15 is 0 Å². The van der Waals surface area contributed by atoms with Crippen LogP contribution in [0.4, 0.5) is 0 Å². The molecule has 1 aromatic heterocycles. The Labute approximate surface area is 118 Å². The van der Waals surface area contributed by atoms with Crippen molar-refractivity contribution in [2.75, 3.05) is 20.8 Å². The predicted octanol–water partition coefficient (Wildman–Crippen LogP) is 1.32. The van der Waals surface area contributed by atoms with Gasteiger partial charge < -0.3 is 19.9 Å². The van der Waals surface area contributed by atoms with Gasteiger partial charge in [0.1, 0.15) is 6.61 Å². The Kier molecular flexibility index (Phi) is 4.94. The number of rotatable bonds is 5. The summed E-state index contributed by atoms with van der Waals surface area (Å²) in [4.78, 5) is 12.0. The molecule has 2 N–H and O–H groups in total. The highest BCUT2D eigenvalue weighted by atomic mass is 16.5. The smallest absolute Gasteiger partial charge is 0.325 e. The minimum Gasteiger partial charge on any atom is -0.467 e. The van der Waals surface area contributed by atoms with Crippen molar-refractivity contribution in [2.24, 2.45) is 5.73 Å². The molecular weight excluding hydrogens is 260 g/mol. The van der Waals surface area contributed by atoms with Gasteiger partial charge in [0, 0.05) is 0 Å². The first-order valence-electron chi connectivity index (χ1n) is 6.91. The number of hydrogen-bond acceptors (Lipinski definition) is 7. The second-order valence-electron chi connectivity index (χ2n) is 5.16. The molecule has 1 fully saturated rings. The summed E-state index contributed by atoms with van der Waals surface area (Å²) < 4.78 is 15.6. The maximum atomic E-state index is 6.39. The van der Waals surface area contributed by atoms with Crippen molar-refractivity contribution in [3.05, 3.63) is 0 Å². The second-order valence-corrected chi connectivity index (χ2v) is 5.16. The highest BCUT2D eigenvalue weighted by molar-refractivity contribution is 5.09. The van der Waals surface area contributed by atoms with E-state index in [0.717, 1.165) is 25.7 Å². The zero-order valence-corrected chi connectivity index (χ0v) is 12.1. The first kappa shape index (κ1) is 14.8. The van der Waals surface area contributed by atoms with Crippen molar-refractivity contribution < 1.29 is 14.2 Å². The fourth-order valence-electron chi connectivity index (χ4n) is 2.35. The van der Waals surface area contributed by atoms with E-state index < -0.39 is 0 Å². The molecule has 0 aliphatic heterocycles. The van der Waals surface area contributed by atoms with Gasteiger partial charge in [-0.1, -0.05) is 25.7 Å². The summed E-state index contributed by atoms with van der Waals surface area (Å²) in [6, 6.07) is 0.514. The van der Waals surface area contributed by atoms with Gasteiger partial charge in [0.05, 0.1) is 19.8 Å². The Morgan fingerprint density at radius 1 is 0.900 bits per heavy atom. The lowest BCUT2D eigenvalue weighted by Crippen LogP contribution is -2.45. The lowest BCUT2D eigenvalue weighted by molar-refractivity contribution is 0.181. The normalized spacial score (nSPS) is 18.1. The van der Waals surface area contributed by atoms with E-state index in [1.807, 2.05) is 0 Å². The Bertz CT molecular complexity index is 411. The van der Waals surface area contributed by atoms with E-state index in [2.05, 4.69) is 15.0 Å². The predicted molar refractivity (Wildman–Crippen MR) is 73.0 cm³/mol. The molecule has 1 aliphatic rings. The van der Waals surface area contributed by atoms with Gasteiger partial charge in [0.25, 0.3) is 0 Å². The summed E-state index contributed by atoms with van der Waals surface area (Å²) in [5, 5.41) is 0. The standard InChI is InChI=1S/C13H22N4O3/c1-18-10-15-11(19-2)17-12(16-10)20-9-13(14)7-5-3-4-6-8-13/h3-9,14H2,1-2H3. The molecule has 0 spiro atoms. The van der Waals surface area contributed by atoms with Crippen molar-refractivity contribution in [3.63, 3.8) is 0 Å². The number of nitrogens with zero attached hydrogens (tertiary/aromatic N) is 3. The van der Waals surface area contributed by atoms with E-state index in [9.17, 15) is 0 Å². The zero-order valence-electron chi connectivity index (χ0n) is 12.1. The van der Waals surface area contributed by atoms with Gasteiger partial charge in [0.2, 0.25) is 0 Å². The Morgan fingerprint density at radius 2 is 1.40 bits per heavy atom. The number of ether oxygens (including phenoxy) is 3. The highest BCUT2D eigenvalue weighted by Crippen LogP contribution is 2.25. The van der Waals surface area contributed by atoms with Crippen LogP contribution in [0.3, 0.4) is 0 Å². The monoisotopic (exact) mass is 282 g/mol. The molecule has 1 aliphatic carbocycles. The third kappa shape index (κ3) is 3.93. The molecule has 7 nitrogen and oxygen atoms in total. The molecule has 0 bridgehead atoms. The first-order valence-corrected chi connectivity index (χ1v) is 6.91. The van der Waals surface area contributed by atoms with Crippen LogP contribution < -0.4 is 19.9 Å². The Hall–Kier alpha value is -1.63. The summed E-state index contributed by atoms with van der Waals surface area (Å²) in [5.74, 6) is 0. The van der Waals surface area contributed by atoms with Crippen molar-refractivity contribution >= 4 is 0 Å². The molecule has 1 aromatic rings. The number of nitrogens with two attached hydrogens (primary N) is 1. The van der Waals surface area contributed by atoms with Gasteiger partial charge in [-0.25, -0.2) is 0 Å². The van der Waals surface area contributed by atoms with Gasteiger partial charge in [-0.3, -0.25) is 0 Å². The fourth-order valence-corrected chi connectivity index (χ4v) is 2.35. The van der Waals surface area contributed by atoms with Gasteiger partial charge in [-0.05, 0) is 12.8 Å². The van der Waals surface area contributed by atoms with Crippen LogP contribution in [0, 0.1) is 0 Å². The summed E-state index contributed by atoms with van der Waals surface area (Å²) in [6.07, 6.45) is 6.70. The molecule has 0 amide bonds. The minimum absolute atomic E-state index is 0.166. The summed E-state index contributed by atoms with van der Waals surface area (Å²) >= 11 is 0. The molecule has 20 heavy (non-hydrogen) atoms. The van der Waals surface area contributed by atoms with E-state index in [1.165, 1.54) is 27.1 Å². The van der Waals surface area contributed by atoms with E-state index in [4.69, 9.17) is 19.9 Å². The van der Waals surface area contributed by atoms with Crippen LogP contribution in [0.5, 0.6) is 18.0 Å². The maximum absolute atomic E-state index is 6.39. The largest absolute Gasteiger partial charge is 0.467 e. The van der Waals surface area contributed by atoms with Crippen molar-refractivity contribution in [2.45, 2.75) is 44.1 Å². The Morgan fingerprint density at radius 3 is 1.90 bits per heavy atom. The zero-order chi connectivity index (χ0) is 14.4. The molecular formula is C13H22N4O3. The van der Waals surface area contributed by atoms with Gasteiger partial charge in [-0.2, -0.15) is 0 Å². The molecule has 7 heteroatoms. The number of methoxy groups -OCH3 is 2. The topological polar surface area (TPSA) is 92.4 Å². The summed E-state index contributed by atoms with van der Waals surface area (Å²) in [5.41, 5.74) is 6.09. The quantitative estimate of drug-likeness (QED) is 0.814. The van der Waals surface area contributed by atoms with Gasteiger partial charge in [-0.15, -0.1) is 15.0 Å². The van der Waals surface area contributed by atoms with Crippen LogP contribution in [0.15, 0.2) is 0 Å². The SMILES string of the molecule is COc1nc(OC)nc(OCC2(N)CCCCCC2)n1. The Balaban J connectivity index is 2.02. The van der Waals surface area contributed by atoms with Crippen molar-refractivity contribution in [3.8, 4) is 18.0 Å². The molecule has 1 heterocycles. The lowest BCUT2D eigenvalue weighted by atomic mass is 9.93. The highest BCUT2D eigenvalue weighted by Gasteiger charge is 2.27. The molecule has 0 atom stereocenters. The van der Waals surface area contributed by atoms with Crippen LogP contribution >= 0.6 is 0 Å². The summed E-state index contributed by atoms with van der Waals surface area (Å²) in [7, 11) is 2.96. The lowest BCUT2D eigenvalue weighted by Gasteiger charge is -2.27. The molecule has 0 radical (unpaired) electrons. The van der Waals surface area contributed by atoms with Crippen LogP contribution in [-0.2, 0) is 0 Å². The third-order valence-corrected chi connectivity index (χ3v) is 3.53. The van der Waals surface area contributed by atoms with E-state index in [0.29, 0.717) is 6.61 Å². The molecule has 0 saturated heterocycles. The van der Waals surface area contributed by atoms with E-state index in [-0.39, 0.29) is 23.6 Å². The van der Waals surface area contributed by atoms with Crippen LogP contribution in [0.2, 0.25) is 0 Å². The van der Waals surface area contributed by atoms with Crippen LogP contribution in [-0.4, -0.2) is 41.3 Å². The molecule has 0 unspecified atom stereocenters.